The van der Waals surface area contributed by atoms with Crippen LogP contribution in [0.25, 0.3) is 0 Å². The van der Waals surface area contributed by atoms with Gasteiger partial charge in [0.05, 0.1) is 4.92 Å². The van der Waals surface area contributed by atoms with Crippen LogP contribution in [-0.4, -0.2) is 38.4 Å². The zero-order valence-electron chi connectivity index (χ0n) is 12.1. The number of nitrogens with zero attached hydrogens (tertiary/aromatic N) is 1. The van der Waals surface area contributed by atoms with Crippen LogP contribution in [0.15, 0.2) is 23.1 Å². The second-order valence-corrected chi connectivity index (χ2v) is 7.16. The fourth-order valence-corrected chi connectivity index (χ4v) is 3.74. The van der Waals surface area contributed by atoms with E-state index in [1.54, 1.807) is 25.7 Å². The number of rotatable bonds is 8. The zero-order valence-corrected chi connectivity index (χ0v) is 13.8. The van der Waals surface area contributed by atoms with Crippen LogP contribution >= 0.6 is 11.8 Å². The van der Waals surface area contributed by atoms with Gasteiger partial charge >= 0.3 is 0 Å². The summed E-state index contributed by atoms with van der Waals surface area (Å²) in [6.45, 7) is 1.74. The van der Waals surface area contributed by atoms with Gasteiger partial charge < -0.3 is 5.32 Å². The van der Waals surface area contributed by atoms with Crippen molar-refractivity contribution < 1.29 is 13.3 Å². The van der Waals surface area contributed by atoms with E-state index < -0.39 is 20.6 Å². The Morgan fingerprint density at radius 3 is 2.62 bits per heavy atom. The van der Waals surface area contributed by atoms with E-state index in [2.05, 4.69) is 10.0 Å². The first-order chi connectivity index (χ1) is 9.81. The second kappa shape index (κ2) is 7.62. The molecule has 0 saturated heterocycles. The molecule has 0 saturated carbocycles. The molecule has 21 heavy (non-hydrogen) atoms. The smallest absolute Gasteiger partial charge is 0.291 e. The van der Waals surface area contributed by atoms with E-state index >= 15 is 0 Å². The third-order valence-corrected chi connectivity index (χ3v) is 5.13. The van der Waals surface area contributed by atoms with Crippen LogP contribution in [0.1, 0.15) is 13.3 Å². The molecule has 1 unspecified atom stereocenters. The number of hydrogen-bond acceptors (Lipinski definition) is 6. The molecule has 0 aliphatic rings. The molecular weight excluding hydrogens is 314 g/mol. The molecule has 1 aromatic carbocycles. The highest BCUT2D eigenvalue weighted by Gasteiger charge is 2.27. The maximum absolute atomic E-state index is 12.3. The lowest BCUT2D eigenvalue weighted by molar-refractivity contribution is -0.387. The maximum Gasteiger partial charge on any atom is 0.291 e. The minimum Gasteiger partial charge on any atom is -0.388 e. The van der Waals surface area contributed by atoms with Crippen molar-refractivity contribution in [3.63, 3.8) is 0 Å². The first-order valence-corrected chi connectivity index (χ1v) is 9.17. The van der Waals surface area contributed by atoms with Crippen molar-refractivity contribution in [1.82, 2.24) is 4.72 Å². The molecular formula is C12H19N3O4S2. The lowest BCUT2D eigenvalue weighted by Gasteiger charge is -2.14. The molecule has 1 aromatic rings. The second-order valence-electron chi connectivity index (χ2n) is 4.49. The normalized spacial score (nSPS) is 12.9. The van der Waals surface area contributed by atoms with Crippen LogP contribution in [-0.2, 0) is 10.0 Å². The molecule has 9 heteroatoms. The first kappa shape index (κ1) is 17.7. The summed E-state index contributed by atoms with van der Waals surface area (Å²) in [7, 11) is -2.31. The molecule has 1 atom stereocenters. The first-order valence-electron chi connectivity index (χ1n) is 6.29. The molecule has 0 heterocycles. The minimum absolute atomic E-state index is 0.286. The number of hydrogen-bond donors (Lipinski definition) is 2. The van der Waals surface area contributed by atoms with E-state index in [0.29, 0.717) is 12.1 Å². The summed E-state index contributed by atoms with van der Waals surface area (Å²) in [6, 6.07) is 3.66. The number of nitro groups is 1. The van der Waals surface area contributed by atoms with E-state index in [-0.39, 0.29) is 10.9 Å². The van der Waals surface area contributed by atoms with Crippen molar-refractivity contribution in [2.75, 3.05) is 24.4 Å². The van der Waals surface area contributed by atoms with E-state index in [9.17, 15) is 18.5 Å². The van der Waals surface area contributed by atoms with E-state index in [4.69, 9.17) is 0 Å². The third-order valence-electron chi connectivity index (χ3n) is 2.85. The van der Waals surface area contributed by atoms with Gasteiger partial charge in [0.25, 0.3) is 5.69 Å². The van der Waals surface area contributed by atoms with Gasteiger partial charge in [0, 0.05) is 24.8 Å². The molecule has 0 amide bonds. The number of thioether (sulfide) groups is 1. The molecule has 1 rings (SSSR count). The highest BCUT2D eigenvalue weighted by atomic mass is 32.2. The van der Waals surface area contributed by atoms with Crippen molar-refractivity contribution in [3.05, 3.63) is 28.3 Å². The highest BCUT2D eigenvalue weighted by molar-refractivity contribution is 7.98. The third kappa shape index (κ3) is 4.87. The number of anilines is 1. The Morgan fingerprint density at radius 1 is 1.43 bits per heavy atom. The van der Waals surface area contributed by atoms with Gasteiger partial charge in [-0.3, -0.25) is 10.1 Å². The van der Waals surface area contributed by atoms with Crippen LogP contribution in [0.3, 0.4) is 0 Å². The van der Waals surface area contributed by atoms with Crippen molar-refractivity contribution in [2.45, 2.75) is 24.3 Å². The SMILES string of the molecule is CNc1ccc(S(=O)(=O)NC(C)CCSC)c([N+](=O)[O-])c1. The predicted molar refractivity (Wildman–Crippen MR) is 85.4 cm³/mol. The number of nitro benzene ring substituents is 1. The molecule has 0 fully saturated rings. The Morgan fingerprint density at radius 2 is 2.10 bits per heavy atom. The Labute approximate surface area is 128 Å². The Hall–Kier alpha value is -1.32. The summed E-state index contributed by atoms with van der Waals surface area (Å²) < 4.78 is 27.0. The van der Waals surface area contributed by atoms with Gasteiger partial charge in [-0.15, -0.1) is 0 Å². The topological polar surface area (TPSA) is 101 Å². The lowest BCUT2D eigenvalue weighted by atomic mass is 10.3. The average molecular weight is 333 g/mol. The van der Waals surface area contributed by atoms with Crippen LogP contribution in [0.5, 0.6) is 0 Å². The lowest BCUT2D eigenvalue weighted by Crippen LogP contribution is -2.33. The van der Waals surface area contributed by atoms with E-state index in [1.165, 1.54) is 18.2 Å². The molecule has 0 bridgehead atoms. The molecule has 0 radical (unpaired) electrons. The number of benzene rings is 1. The van der Waals surface area contributed by atoms with Crippen molar-refractivity contribution in [3.8, 4) is 0 Å². The largest absolute Gasteiger partial charge is 0.388 e. The maximum atomic E-state index is 12.3. The van der Waals surface area contributed by atoms with Gasteiger partial charge in [0.1, 0.15) is 0 Å². The summed E-state index contributed by atoms with van der Waals surface area (Å²) in [6.07, 6.45) is 2.59. The van der Waals surface area contributed by atoms with Crippen molar-refractivity contribution in [2.24, 2.45) is 0 Å². The standard InChI is InChI=1S/C12H19N3O4S2/c1-9(6-7-20-3)14-21(18,19)12-5-4-10(13-2)8-11(12)15(16)17/h4-5,8-9,13-14H,6-7H2,1-3H3. The van der Waals surface area contributed by atoms with Gasteiger partial charge in [-0.1, -0.05) is 0 Å². The number of nitrogens with one attached hydrogen (secondary N) is 2. The van der Waals surface area contributed by atoms with Crippen LogP contribution in [0, 0.1) is 10.1 Å². The monoisotopic (exact) mass is 333 g/mol. The molecule has 7 nitrogen and oxygen atoms in total. The summed E-state index contributed by atoms with van der Waals surface area (Å²) in [5.74, 6) is 0.810. The minimum atomic E-state index is -3.92. The Kier molecular flexibility index (Phi) is 6.43. The predicted octanol–water partition coefficient (Wildman–Crippen LogP) is 2.06. The summed E-state index contributed by atoms with van der Waals surface area (Å²) in [4.78, 5) is 10.1. The molecule has 0 spiro atoms. The molecule has 2 N–H and O–H groups in total. The van der Waals surface area contributed by atoms with Crippen LogP contribution in [0.4, 0.5) is 11.4 Å². The number of sulfonamides is 1. The van der Waals surface area contributed by atoms with Gasteiger partial charge in [-0.05, 0) is 37.5 Å². The van der Waals surface area contributed by atoms with Gasteiger partial charge in [-0.2, -0.15) is 11.8 Å². The Bertz CT molecular complexity index is 605. The van der Waals surface area contributed by atoms with E-state index in [0.717, 1.165) is 5.75 Å². The van der Waals surface area contributed by atoms with Gasteiger partial charge in [-0.25, -0.2) is 13.1 Å². The summed E-state index contributed by atoms with van der Waals surface area (Å²) in [5.41, 5.74) is 0.0440. The fourth-order valence-electron chi connectivity index (χ4n) is 1.72. The van der Waals surface area contributed by atoms with E-state index in [1.807, 2.05) is 6.26 Å². The van der Waals surface area contributed by atoms with Gasteiger partial charge in [0.15, 0.2) is 4.90 Å². The van der Waals surface area contributed by atoms with Crippen LogP contribution in [0.2, 0.25) is 0 Å². The zero-order chi connectivity index (χ0) is 16.0. The highest BCUT2D eigenvalue weighted by Crippen LogP contribution is 2.27. The molecule has 0 aliphatic heterocycles. The Balaban J connectivity index is 3.10. The molecule has 118 valence electrons. The quantitative estimate of drug-likeness (QED) is 0.558. The molecule has 0 aromatic heterocycles. The van der Waals surface area contributed by atoms with Crippen molar-refractivity contribution >= 4 is 33.2 Å². The average Bonchev–Trinajstić information content (AvgIpc) is 2.43. The van der Waals surface area contributed by atoms with Gasteiger partial charge in [0.2, 0.25) is 10.0 Å². The fraction of sp³-hybridized carbons (Fsp3) is 0.500. The molecule has 0 aliphatic carbocycles. The van der Waals surface area contributed by atoms with Crippen molar-refractivity contribution in [1.29, 1.82) is 0 Å². The summed E-state index contributed by atoms with van der Waals surface area (Å²) in [5, 5.41) is 13.8. The van der Waals surface area contributed by atoms with Crippen LogP contribution < -0.4 is 10.0 Å². The summed E-state index contributed by atoms with van der Waals surface area (Å²) >= 11 is 1.61.